The zero-order chi connectivity index (χ0) is 4.50. The summed E-state index contributed by atoms with van der Waals surface area (Å²) in [7, 11) is -4.48. The predicted octanol–water partition coefficient (Wildman–Crippen LogP) is -2.19. The van der Waals surface area contributed by atoms with Crippen molar-refractivity contribution in [1.29, 1.82) is 0 Å². The van der Waals surface area contributed by atoms with E-state index in [0.717, 1.165) is 0 Å². The average Bonchev–Trinajstić information content (AvgIpc) is 0.722. The summed E-state index contributed by atoms with van der Waals surface area (Å²) in [5.41, 5.74) is 0. The molecule has 5 heavy (non-hydrogen) atoms. The normalized spacial score (nSPS) is 21.4. The van der Waals surface area contributed by atoms with Crippen molar-refractivity contribution in [3.63, 3.8) is 0 Å². The highest BCUT2D eigenvalue weighted by atomic mass is 31.2. The number of hydrogen-bond acceptors (Lipinski definition) is 2. The molecule has 1 unspecified atom stereocenters. The van der Waals surface area contributed by atoms with Crippen molar-refractivity contribution >= 4 is 15.0 Å². The SMILES string of the molecule is [BH3-]P(=O)([O-])O. The van der Waals surface area contributed by atoms with Crippen LogP contribution in [0.5, 0.6) is 0 Å². The predicted molar refractivity (Wildman–Crippen MR) is 19.8 cm³/mol. The minimum atomic E-state index is -3.64. The van der Waals surface area contributed by atoms with Gasteiger partial charge in [0.05, 0.1) is 0 Å². The van der Waals surface area contributed by atoms with E-state index in [4.69, 9.17) is 4.89 Å². The van der Waals surface area contributed by atoms with Gasteiger partial charge in [0.1, 0.15) is 0 Å². The summed E-state index contributed by atoms with van der Waals surface area (Å²) in [6.45, 7) is 0. The van der Waals surface area contributed by atoms with Gasteiger partial charge in [-0.05, 0) is 7.47 Å². The molecule has 1 N–H and O–H groups in total. The summed E-state index contributed by atoms with van der Waals surface area (Å²) >= 11 is 0. The van der Waals surface area contributed by atoms with Crippen molar-refractivity contribution < 1.29 is 14.4 Å². The van der Waals surface area contributed by atoms with Gasteiger partial charge in [0.15, 0.2) is 0 Å². The van der Waals surface area contributed by atoms with E-state index in [1.807, 2.05) is 0 Å². The molecule has 3 nitrogen and oxygen atoms in total. The van der Waals surface area contributed by atoms with Gasteiger partial charge in [0, 0.05) is 7.57 Å². The maximum atomic E-state index is 9.33. The van der Waals surface area contributed by atoms with Gasteiger partial charge in [-0.1, -0.05) is 0 Å². The molecule has 0 aromatic rings. The molecule has 0 saturated heterocycles. The van der Waals surface area contributed by atoms with Crippen LogP contribution in [-0.4, -0.2) is 12.5 Å². The summed E-state index contributed by atoms with van der Waals surface area (Å²) in [5, 5.41) is 0. The van der Waals surface area contributed by atoms with Crippen LogP contribution in [0.2, 0.25) is 0 Å². The summed E-state index contributed by atoms with van der Waals surface area (Å²) in [5.74, 6) is 0. The van der Waals surface area contributed by atoms with E-state index >= 15 is 0 Å². The third kappa shape index (κ3) is 448. The van der Waals surface area contributed by atoms with Crippen LogP contribution in [0, 0.1) is 0 Å². The molecule has 0 bridgehead atoms. The largest absolute Gasteiger partial charge is 0.809 e. The van der Waals surface area contributed by atoms with Crippen LogP contribution in [0.15, 0.2) is 0 Å². The second-order valence-electron chi connectivity index (χ2n) is 0.238. The van der Waals surface area contributed by atoms with Crippen LogP contribution in [0.25, 0.3) is 0 Å². The van der Waals surface area contributed by atoms with Gasteiger partial charge >= 0.3 is 0 Å². The Morgan fingerprint density at radius 2 is 2.00 bits per heavy atom. The van der Waals surface area contributed by atoms with E-state index in [1.165, 1.54) is 0 Å². The van der Waals surface area contributed by atoms with E-state index in [-0.39, 0.29) is 0 Å². The van der Waals surface area contributed by atoms with Gasteiger partial charge in [0.2, 0.25) is 0 Å². The minimum Gasteiger partial charge on any atom is -0.809 e. The Labute approximate surface area is 30.5 Å². The molecule has 0 aliphatic heterocycles. The van der Waals surface area contributed by atoms with Crippen LogP contribution >= 0.6 is 7.47 Å². The Morgan fingerprint density at radius 3 is 2.00 bits per heavy atom. The van der Waals surface area contributed by atoms with Gasteiger partial charge in [-0.3, -0.25) is 0 Å². The monoisotopic (exact) mass is 94.0 g/mol. The first kappa shape index (κ1) is 5.21. The van der Waals surface area contributed by atoms with Gasteiger partial charge in [0.25, 0.3) is 0 Å². The zero-order valence-corrected chi connectivity index (χ0v) is 2.61. The highest BCUT2D eigenvalue weighted by Crippen LogP contribution is 2.17. The first-order valence-electron chi connectivity index (χ1n) is 0.565. The molecule has 0 aromatic carbocycles. The highest BCUT2D eigenvalue weighted by molar-refractivity contribution is 7.76. The minimum absolute atomic E-state index is 0.840. The van der Waals surface area contributed by atoms with Crippen molar-refractivity contribution in [2.24, 2.45) is 0 Å². The second kappa shape index (κ2) is 1.13. The van der Waals surface area contributed by atoms with E-state index in [9.17, 15) is 9.46 Å². The molecular formula is H4BO3P-2. The molecule has 0 aliphatic rings. The molecule has 0 saturated carbocycles. The number of hydrogen-bond donors (Lipinski definition) is 1. The summed E-state index contributed by atoms with van der Waals surface area (Å²) in [6, 6.07) is 0. The van der Waals surface area contributed by atoms with E-state index in [1.54, 1.807) is 0 Å². The van der Waals surface area contributed by atoms with Crippen LogP contribution in [0.1, 0.15) is 0 Å². The molecule has 0 spiro atoms. The smallest absolute Gasteiger partial charge is 0.0394 e. The van der Waals surface area contributed by atoms with Crippen LogP contribution < -0.4 is 4.89 Å². The lowest BCUT2D eigenvalue weighted by atomic mass is 10.8. The Morgan fingerprint density at radius 1 is 2.00 bits per heavy atom. The summed E-state index contributed by atoms with van der Waals surface area (Å²) < 4.78 is 9.33. The molecule has 0 radical (unpaired) electrons. The van der Waals surface area contributed by atoms with Crippen molar-refractivity contribution in [2.75, 3.05) is 0 Å². The molecular weight excluding hydrogens is 89.8 g/mol. The van der Waals surface area contributed by atoms with E-state index in [2.05, 4.69) is 0 Å². The fraction of sp³-hybridized carbons (Fsp3) is 0. The van der Waals surface area contributed by atoms with Crippen LogP contribution in [-0.2, 0) is 4.57 Å². The fourth-order valence-corrected chi connectivity index (χ4v) is 0. The second-order valence-corrected chi connectivity index (χ2v) is 0.714. The van der Waals surface area contributed by atoms with Crippen LogP contribution in [0.4, 0.5) is 0 Å². The third-order valence-electron chi connectivity index (χ3n) is 0. The highest BCUT2D eigenvalue weighted by Gasteiger charge is 1.69. The molecule has 0 aromatic heterocycles. The summed E-state index contributed by atoms with van der Waals surface area (Å²) in [4.78, 5) is 17.0. The molecule has 0 rings (SSSR count). The Hall–Kier alpha value is 0.215. The molecule has 1 atom stereocenters. The molecule has 5 heteroatoms. The van der Waals surface area contributed by atoms with Crippen molar-refractivity contribution in [3.8, 4) is 0 Å². The van der Waals surface area contributed by atoms with Crippen molar-refractivity contribution in [1.82, 2.24) is 0 Å². The Bertz CT molecular complexity index is 53.0. The van der Waals surface area contributed by atoms with Gasteiger partial charge in [-0.25, -0.2) is 0 Å². The average molecular weight is 93.8 g/mol. The summed E-state index contributed by atoms with van der Waals surface area (Å²) in [6.07, 6.45) is 0. The maximum absolute atomic E-state index is 9.33. The standard InChI is InChI=1S/BH5O3P/c1-5(2,3)4/h1H3,(H2,2,3,4)/q-1/p-1. The maximum Gasteiger partial charge on any atom is 0.0394 e. The van der Waals surface area contributed by atoms with E-state index < -0.39 is 15.0 Å². The molecule has 0 heterocycles. The zero-order valence-electron chi connectivity index (χ0n) is 1.71. The molecule has 0 amide bonds. The van der Waals surface area contributed by atoms with Crippen LogP contribution in [0.3, 0.4) is 0 Å². The molecule has 0 fully saturated rings. The lowest BCUT2D eigenvalue weighted by Gasteiger charge is -2.12. The topological polar surface area (TPSA) is 60.4 Å². The van der Waals surface area contributed by atoms with Gasteiger partial charge < -0.3 is 14.4 Å². The Balaban J connectivity index is 3.47. The number of rotatable bonds is 0. The van der Waals surface area contributed by atoms with E-state index in [0.29, 0.717) is 0 Å². The molecule has 0 aliphatic carbocycles. The van der Waals surface area contributed by atoms with Gasteiger partial charge in [-0.2, -0.15) is 0 Å². The quantitative estimate of drug-likeness (QED) is 0.274. The first-order chi connectivity index (χ1) is 2.00. The van der Waals surface area contributed by atoms with Gasteiger partial charge in [-0.15, -0.1) is 0 Å². The van der Waals surface area contributed by atoms with Crippen molar-refractivity contribution in [2.45, 2.75) is 0 Å². The first-order valence-corrected chi connectivity index (χ1v) is 1.70. The van der Waals surface area contributed by atoms with Crippen molar-refractivity contribution in [3.05, 3.63) is 0 Å². The fourth-order valence-electron chi connectivity index (χ4n) is 0. The lowest BCUT2D eigenvalue weighted by Crippen LogP contribution is -1.95. The Kier molecular flexibility index (Phi) is 1.18. The lowest BCUT2D eigenvalue weighted by molar-refractivity contribution is -0.185. The molecule has 32 valence electrons. The third-order valence-corrected chi connectivity index (χ3v) is 0.